The van der Waals surface area contributed by atoms with Crippen molar-refractivity contribution in [2.24, 2.45) is 5.92 Å². The third-order valence-electron chi connectivity index (χ3n) is 3.21. The molecule has 0 bridgehead atoms. The zero-order chi connectivity index (χ0) is 11.3. The van der Waals surface area contributed by atoms with E-state index in [-0.39, 0.29) is 11.8 Å². The molecule has 0 amide bonds. The van der Waals surface area contributed by atoms with Gasteiger partial charge in [-0.3, -0.25) is 4.79 Å². The highest BCUT2D eigenvalue weighted by Crippen LogP contribution is 2.48. The number of fused-ring (bicyclic) bond motifs is 1. The molecule has 2 atom stereocenters. The Kier molecular flexibility index (Phi) is 1.80. The van der Waals surface area contributed by atoms with Gasteiger partial charge < -0.3 is 5.11 Å². The summed E-state index contributed by atoms with van der Waals surface area (Å²) in [6.45, 7) is 2.03. The van der Waals surface area contributed by atoms with Crippen LogP contribution in [0.25, 0.3) is 5.52 Å². The number of aryl methyl sites for hydroxylation is 1. The minimum atomic E-state index is -0.697. The van der Waals surface area contributed by atoms with Crippen molar-refractivity contribution in [1.29, 1.82) is 0 Å². The van der Waals surface area contributed by atoms with Crippen LogP contribution in [0, 0.1) is 12.8 Å². The molecular weight excluding hydrogens is 204 g/mol. The number of hydrogen-bond acceptors (Lipinski definition) is 2. The third-order valence-corrected chi connectivity index (χ3v) is 3.21. The van der Waals surface area contributed by atoms with Crippen LogP contribution in [0.5, 0.6) is 0 Å². The first-order valence-corrected chi connectivity index (χ1v) is 5.33. The lowest BCUT2D eigenvalue weighted by atomic mass is 10.1. The molecule has 3 rings (SSSR count). The average Bonchev–Trinajstić information content (AvgIpc) is 2.93. The Balaban J connectivity index is 2.05. The van der Waals surface area contributed by atoms with Crippen LogP contribution in [0.3, 0.4) is 0 Å². The molecule has 0 unspecified atom stereocenters. The molecule has 1 fully saturated rings. The van der Waals surface area contributed by atoms with Gasteiger partial charge in [0, 0.05) is 17.7 Å². The van der Waals surface area contributed by atoms with Crippen LogP contribution in [0.4, 0.5) is 0 Å². The summed E-state index contributed by atoms with van der Waals surface area (Å²) in [5.41, 5.74) is 3.27. The molecule has 2 aromatic rings. The second-order valence-corrected chi connectivity index (χ2v) is 4.42. The number of carboxylic acids is 1. The Labute approximate surface area is 92.5 Å². The van der Waals surface area contributed by atoms with Gasteiger partial charge in [0.25, 0.3) is 0 Å². The second kappa shape index (κ2) is 3.07. The van der Waals surface area contributed by atoms with E-state index in [1.54, 1.807) is 10.7 Å². The molecule has 4 nitrogen and oxygen atoms in total. The zero-order valence-corrected chi connectivity index (χ0v) is 8.92. The summed E-state index contributed by atoms with van der Waals surface area (Å²) in [7, 11) is 0. The first-order chi connectivity index (χ1) is 7.66. The largest absolute Gasteiger partial charge is 0.481 e. The van der Waals surface area contributed by atoms with Gasteiger partial charge in [0.05, 0.1) is 17.6 Å². The van der Waals surface area contributed by atoms with Crippen molar-refractivity contribution in [3.8, 4) is 0 Å². The third kappa shape index (κ3) is 1.30. The highest BCUT2D eigenvalue weighted by Gasteiger charge is 2.45. The lowest BCUT2D eigenvalue weighted by Crippen LogP contribution is -1.98. The Morgan fingerprint density at radius 1 is 1.62 bits per heavy atom. The maximum absolute atomic E-state index is 10.8. The van der Waals surface area contributed by atoms with Crippen molar-refractivity contribution in [2.45, 2.75) is 19.3 Å². The fourth-order valence-electron chi connectivity index (χ4n) is 2.20. The molecule has 0 radical (unpaired) electrons. The number of aromatic nitrogens is 2. The van der Waals surface area contributed by atoms with E-state index in [0.29, 0.717) is 0 Å². The molecule has 0 spiro atoms. The molecule has 16 heavy (non-hydrogen) atoms. The van der Waals surface area contributed by atoms with Crippen molar-refractivity contribution in [2.75, 3.05) is 0 Å². The van der Waals surface area contributed by atoms with Crippen LogP contribution in [0.15, 0.2) is 24.5 Å². The van der Waals surface area contributed by atoms with Gasteiger partial charge >= 0.3 is 5.97 Å². The first-order valence-electron chi connectivity index (χ1n) is 5.33. The highest BCUT2D eigenvalue weighted by molar-refractivity contribution is 5.76. The molecule has 0 aliphatic heterocycles. The molecule has 0 aromatic carbocycles. The normalized spacial score (nSPS) is 23.6. The monoisotopic (exact) mass is 216 g/mol. The summed E-state index contributed by atoms with van der Waals surface area (Å²) in [5, 5.41) is 13.2. The lowest BCUT2D eigenvalue weighted by Gasteiger charge is -1.98. The SMILES string of the molecule is Cc1ccn2ncc([C@@H]3C[C@@H]3C(=O)O)c2c1. The van der Waals surface area contributed by atoms with E-state index in [1.165, 1.54) is 5.56 Å². The maximum Gasteiger partial charge on any atom is 0.307 e. The van der Waals surface area contributed by atoms with E-state index in [9.17, 15) is 4.79 Å². The van der Waals surface area contributed by atoms with E-state index in [4.69, 9.17) is 5.11 Å². The lowest BCUT2D eigenvalue weighted by molar-refractivity contribution is -0.138. The summed E-state index contributed by atoms with van der Waals surface area (Å²) >= 11 is 0. The number of pyridine rings is 1. The first kappa shape index (κ1) is 9.39. The molecule has 82 valence electrons. The van der Waals surface area contributed by atoms with Crippen LogP contribution in [0.1, 0.15) is 23.5 Å². The zero-order valence-electron chi connectivity index (χ0n) is 8.92. The summed E-state index contributed by atoms with van der Waals surface area (Å²) in [5.74, 6) is -0.762. The molecule has 4 heteroatoms. The Morgan fingerprint density at radius 3 is 3.12 bits per heavy atom. The van der Waals surface area contributed by atoms with Crippen LogP contribution in [-0.4, -0.2) is 20.7 Å². The fourth-order valence-corrected chi connectivity index (χ4v) is 2.20. The van der Waals surface area contributed by atoms with Gasteiger partial charge in [-0.15, -0.1) is 0 Å². The summed E-state index contributed by atoms with van der Waals surface area (Å²) in [6, 6.07) is 4.05. The number of carbonyl (C=O) groups is 1. The predicted octanol–water partition coefficient (Wildman–Crippen LogP) is 1.83. The van der Waals surface area contributed by atoms with E-state index in [2.05, 4.69) is 11.2 Å². The van der Waals surface area contributed by atoms with Crippen molar-refractivity contribution < 1.29 is 9.90 Å². The molecular formula is C12H12N2O2. The van der Waals surface area contributed by atoms with Crippen LogP contribution >= 0.6 is 0 Å². The topological polar surface area (TPSA) is 54.6 Å². The standard InChI is InChI=1S/C12H12N2O2/c1-7-2-3-14-11(4-7)10(6-13-14)8-5-9(8)12(15)16/h2-4,6,8-9H,5H2,1H3,(H,15,16)/t8-,9+/m1/s1. The van der Waals surface area contributed by atoms with Crippen LogP contribution in [0.2, 0.25) is 0 Å². The predicted molar refractivity (Wildman–Crippen MR) is 58.4 cm³/mol. The van der Waals surface area contributed by atoms with E-state index < -0.39 is 5.97 Å². The molecule has 1 aliphatic carbocycles. The molecule has 1 aliphatic rings. The Bertz CT molecular complexity index is 573. The van der Waals surface area contributed by atoms with E-state index in [0.717, 1.165) is 17.5 Å². The Morgan fingerprint density at radius 2 is 2.44 bits per heavy atom. The van der Waals surface area contributed by atoms with Crippen LogP contribution < -0.4 is 0 Å². The van der Waals surface area contributed by atoms with Crippen molar-refractivity contribution in [1.82, 2.24) is 9.61 Å². The minimum absolute atomic E-state index is 0.150. The Hall–Kier alpha value is -1.84. The number of aliphatic carboxylic acids is 1. The van der Waals surface area contributed by atoms with Gasteiger partial charge in [-0.1, -0.05) is 0 Å². The summed E-state index contributed by atoms with van der Waals surface area (Å²) in [4.78, 5) is 10.8. The average molecular weight is 216 g/mol. The van der Waals surface area contributed by atoms with Gasteiger partial charge in [-0.25, -0.2) is 4.52 Å². The van der Waals surface area contributed by atoms with E-state index >= 15 is 0 Å². The number of hydrogen-bond donors (Lipinski definition) is 1. The summed E-state index contributed by atoms with van der Waals surface area (Å²) in [6.07, 6.45) is 4.44. The van der Waals surface area contributed by atoms with Crippen molar-refractivity contribution >= 4 is 11.5 Å². The van der Waals surface area contributed by atoms with Crippen molar-refractivity contribution in [3.63, 3.8) is 0 Å². The van der Waals surface area contributed by atoms with Gasteiger partial charge in [0.1, 0.15) is 0 Å². The number of nitrogens with zero attached hydrogens (tertiary/aromatic N) is 2. The molecule has 0 saturated heterocycles. The highest BCUT2D eigenvalue weighted by atomic mass is 16.4. The molecule has 2 aromatic heterocycles. The van der Waals surface area contributed by atoms with Gasteiger partial charge in [-0.2, -0.15) is 5.10 Å². The molecule has 2 heterocycles. The molecule has 1 saturated carbocycles. The fraction of sp³-hybridized carbons (Fsp3) is 0.333. The van der Waals surface area contributed by atoms with E-state index in [1.807, 2.05) is 19.2 Å². The number of carboxylic acid groups (broad SMARTS) is 1. The van der Waals surface area contributed by atoms with Gasteiger partial charge in [0.2, 0.25) is 0 Å². The van der Waals surface area contributed by atoms with Crippen LogP contribution in [-0.2, 0) is 4.79 Å². The number of rotatable bonds is 2. The molecule has 1 N–H and O–H groups in total. The smallest absolute Gasteiger partial charge is 0.307 e. The van der Waals surface area contributed by atoms with Gasteiger partial charge in [0.15, 0.2) is 0 Å². The quantitative estimate of drug-likeness (QED) is 0.833. The maximum atomic E-state index is 10.8. The summed E-state index contributed by atoms with van der Waals surface area (Å²) < 4.78 is 1.81. The minimum Gasteiger partial charge on any atom is -0.481 e. The van der Waals surface area contributed by atoms with Gasteiger partial charge in [-0.05, 0) is 31.0 Å². The van der Waals surface area contributed by atoms with Crippen molar-refractivity contribution in [3.05, 3.63) is 35.7 Å². The second-order valence-electron chi connectivity index (χ2n) is 4.42.